The summed E-state index contributed by atoms with van der Waals surface area (Å²) in [7, 11) is 0. The summed E-state index contributed by atoms with van der Waals surface area (Å²) in [5.74, 6) is -0.0437. The molecule has 30 heavy (non-hydrogen) atoms. The van der Waals surface area contributed by atoms with Gasteiger partial charge < -0.3 is 10.6 Å². The van der Waals surface area contributed by atoms with E-state index in [9.17, 15) is 9.59 Å². The molecule has 4 rings (SSSR count). The summed E-state index contributed by atoms with van der Waals surface area (Å²) in [5, 5.41) is 6.27. The highest BCUT2D eigenvalue weighted by atomic mass is 16.2. The molecule has 0 bridgehead atoms. The van der Waals surface area contributed by atoms with E-state index in [1.807, 2.05) is 26.0 Å². The molecule has 158 valence electrons. The molecule has 7 nitrogen and oxygen atoms in total. The molecule has 2 atom stereocenters. The standard InChI is InChI=1S/C23H29N5O2/c1-16-10-19(11-17(2)26-16)21(29)27-20-12-23(7-3-4-9-28(23)15-20)22(30)25-14-18-6-5-8-24-13-18/h5-6,8,10-11,13,20H,3-4,7,9,12,14-15H2,1-2H3,(H,25,30)(H,27,29)/t20-,23+/m0/s1. The van der Waals surface area contributed by atoms with Crippen LogP contribution in [0.5, 0.6) is 0 Å². The second-order valence-corrected chi connectivity index (χ2v) is 8.49. The number of carbonyl (C=O) groups is 2. The van der Waals surface area contributed by atoms with Gasteiger partial charge in [-0.05, 0) is 69.8 Å². The summed E-state index contributed by atoms with van der Waals surface area (Å²) >= 11 is 0. The highest BCUT2D eigenvalue weighted by Gasteiger charge is 2.52. The Morgan fingerprint density at radius 1 is 1.23 bits per heavy atom. The maximum absolute atomic E-state index is 13.3. The lowest BCUT2D eigenvalue weighted by Gasteiger charge is -2.40. The molecular formula is C23H29N5O2. The second kappa shape index (κ2) is 8.52. The van der Waals surface area contributed by atoms with Crippen LogP contribution in [-0.2, 0) is 11.3 Å². The van der Waals surface area contributed by atoms with E-state index in [0.717, 1.165) is 42.8 Å². The maximum Gasteiger partial charge on any atom is 0.251 e. The normalized spacial score (nSPS) is 23.6. The summed E-state index contributed by atoms with van der Waals surface area (Å²) in [6, 6.07) is 7.40. The van der Waals surface area contributed by atoms with Gasteiger partial charge >= 0.3 is 0 Å². The van der Waals surface area contributed by atoms with Crippen LogP contribution in [0, 0.1) is 13.8 Å². The van der Waals surface area contributed by atoms with Crippen LogP contribution in [-0.4, -0.2) is 51.4 Å². The van der Waals surface area contributed by atoms with Crippen LogP contribution in [0.2, 0.25) is 0 Å². The zero-order valence-electron chi connectivity index (χ0n) is 17.6. The fraction of sp³-hybridized carbons (Fsp3) is 0.478. The number of aryl methyl sites for hydroxylation is 2. The van der Waals surface area contributed by atoms with Crippen molar-refractivity contribution in [1.29, 1.82) is 0 Å². The fourth-order valence-electron chi connectivity index (χ4n) is 4.86. The molecule has 0 saturated carbocycles. The number of nitrogens with one attached hydrogen (secondary N) is 2. The Morgan fingerprint density at radius 3 is 2.77 bits per heavy atom. The Morgan fingerprint density at radius 2 is 2.03 bits per heavy atom. The van der Waals surface area contributed by atoms with Crippen LogP contribution < -0.4 is 10.6 Å². The molecule has 2 aromatic rings. The zero-order valence-corrected chi connectivity index (χ0v) is 17.6. The van der Waals surface area contributed by atoms with Crippen molar-refractivity contribution in [3.63, 3.8) is 0 Å². The Hall–Kier alpha value is -2.80. The van der Waals surface area contributed by atoms with E-state index in [1.54, 1.807) is 24.5 Å². The van der Waals surface area contributed by atoms with Crippen LogP contribution in [0.15, 0.2) is 36.7 Å². The molecule has 2 aliphatic heterocycles. The van der Waals surface area contributed by atoms with Crippen molar-refractivity contribution < 1.29 is 9.59 Å². The molecule has 4 heterocycles. The molecule has 2 fully saturated rings. The molecule has 2 saturated heterocycles. The lowest BCUT2D eigenvalue weighted by atomic mass is 9.84. The van der Waals surface area contributed by atoms with Gasteiger partial charge in [-0.15, -0.1) is 0 Å². The van der Waals surface area contributed by atoms with Gasteiger partial charge in [-0.2, -0.15) is 0 Å². The molecule has 0 aromatic carbocycles. The topological polar surface area (TPSA) is 87.2 Å². The number of amides is 2. The zero-order chi connectivity index (χ0) is 21.1. The second-order valence-electron chi connectivity index (χ2n) is 8.49. The maximum atomic E-state index is 13.3. The average Bonchev–Trinajstić information content (AvgIpc) is 3.11. The molecule has 0 radical (unpaired) electrons. The molecule has 7 heteroatoms. The van der Waals surface area contributed by atoms with Gasteiger partial charge in [0.25, 0.3) is 5.91 Å². The first-order valence-electron chi connectivity index (χ1n) is 10.6. The van der Waals surface area contributed by atoms with E-state index in [4.69, 9.17) is 0 Å². The first kappa shape index (κ1) is 20.5. The average molecular weight is 408 g/mol. The monoisotopic (exact) mass is 407 g/mol. The molecule has 2 aliphatic rings. The van der Waals surface area contributed by atoms with Gasteiger partial charge in [-0.1, -0.05) is 6.07 Å². The number of carbonyl (C=O) groups excluding carboxylic acids is 2. The lowest BCUT2D eigenvalue weighted by molar-refractivity contribution is -0.134. The summed E-state index contributed by atoms with van der Waals surface area (Å²) < 4.78 is 0. The van der Waals surface area contributed by atoms with E-state index in [1.165, 1.54) is 0 Å². The quantitative estimate of drug-likeness (QED) is 0.793. The lowest BCUT2D eigenvalue weighted by Crippen LogP contribution is -2.57. The van der Waals surface area contributed by atoms with E-state index >= 15 is 0 Å². The van der Waals surface area contributed by atoms with Gasteiger partial charge in [0.1, 0.15) is 5.54 Å². The number of hydrogen-bond donors (Lipinski definition) is 2. The van der Waals surface area contributed by atoms with E-state index in [2.05, 4.69) is 25.5 Å². The van der Waals surface area contributed by atoms with Crippen LogP contribution >= 0.6 is 0 Å². The number of fused-ring (bicyclic) bond motifs is 1. The van der Waals surface area contributed by atoms with Gasteiger partial charge in [0.05, 0.1) is 0 Å². The van der Waals surface area contributed by atoms with Crippen LogP contribution in [0.3, 0.4) is 0 Å². The predicted molar refractivity (Wildman–Crippen MR) is 114 cm³/mol. The summed E-state index contributed by atoms with van der Waals surface area (Å²) in [5.41, 5.74) is 2.73. The van der Waals surface area contributed by atoms with Crippen molar-refractivity contribution in [3.8, 4) is 0 Å². The Kier molecular flexibility index (Phi) is 5.81. The first-order chi connectivity index (χ1) is 14.5. The number of aromatic nitrogens is 2. The Balaban J connectivity index is 1.45. The number of piperidine rings is 1. The number of rotatable bonds is 5. The van der Waals surface area contributed by atoms with Crippen molar-refractivity contribution in [3.05, 3.63) is 59.2 Å². The summed E-state index contributed by atoms with van der Waals surface area (Å²) in [6.07, 6.45) is 7.07. The van der Waals surface area contributed by atoms with Crippen molar-refractivity contribution in [1.82, 2.24) is 25.5 Å². The van der Waals surface area contributed by atoms with Crippen LogP contribution in [0.4, 0.5) is 0 Å². The smallest absolute Gasteiger partial charge is 0.251 e. The van der Waals surface area contributed by atoms with Gasteiger partial charge in [0, 0.05) is 48.5 Å². The van der Waals surface area contributed by atoms with Gasteiger partial charge in [0.15, 0.2) is 0 Å². The first-order valence-corrected chi connectivity index (χ1v) is 10.6. The van der Waals surface area contributed by atoms with Gasteiger partial charge in [-0.25, -0.2) is 0 Å². The largest absolute Gasteiger partial charge is 0.350 e. The highest BCUT2D eigenvalue weighted by Crippen LogP contribution is 2.38. The molecule has 0 aliphatic carbocycles. The summed E-state index contributed by atoms with van der Waals surface area (Å²) in [6.45, 7) is 5.84. The molecule has 0 unspecified atom stereocenters. The van der Waals surface area contributed by atoms with Gasteiger partial charge in [0.2, 0.25) is 5.91 Å². The highest BCUT2D eigenvalue weighted by molar-refractivity contribution is 5.95. The van der Waals surface area contributed by atoms with E-state index < -0.39 is 5.54 Å². The van der Waals surface area contributed by atoms with E-state index in [0.29, 0.717) is 25.1 Å². The van der Waals surface area contributed by atoms with Crippen LogP contribution in [0.1, 0.15) is 53.0 Å². The van der Waals surface area contributed by atoms with Gasteiger partial charge in [-0.3, -0.25) is 24.5 Å². The third kappa shape index (κ3) is 4.21. The molecule has 2 amide bonds. The predicted octanol–water partition coefficient (Wildman–Crippen LogP) is 2.14. The van der Waals surface area contributed by atoms with E-state index in [-0.39, 0.29) is 17.9 Å². The summed E-state index contributed by atoms with van der Waals surface area (Å²) in [4.78, 5) is 36.8. The van der Waals surface area contributed by atoms with Crippen molar-refractivity contribution >= 4 is 11.8 Å². The number of pyridine rings is 2. The Labute approximate surface area is 177 Å². The third-order valence-electron chi connectivity index (χ3n) is 6.18. The SMILES string of the molecule is Cc1cc(C(=O)N[C@@H]2CN3CCCC[C@]3(C(=O)NCc3cccnc3)C2)cc(C)n1. The van der Waals surface area contributed by atoms with Crippen LogP contribution in [0.25, 0.3) is 0 Å². The minimum Gasteiger partial charge on any atom is -0.350 e. The number of nitrogens with zero attached hydrogens (tertiary/aromatic N) is 3. The van der Waals surface area contributed by atoms with Crippen molar-refractivity contribution in [2.75, 3.05) is 13.1 Å². The fourth-order valence-corrected chi connectivity index (χ4v) is 4.86. The molecule has 0 spiro atoms. The minimum atomic E-state index is -0.539. The third-order valence-corrected chi connectivity index (χ3v) is 6.18. The van der Waals surface area contributed by atoms with Crippen molar-refractivity contribution in [2.24, 2.45) is 0 Å². The molecule has 2 aromatic heterocycles. The number of hydrogen-bond acceptors (Lipinski definition) is 5. The molecule has 2 N–H and O–H groups in total. The minimum absolute atomic E-state index is 0.0477. The Bertz CT molecular complexity index is 912. The van der Waals surface area contributed by atoms with Crippen molar-refractivity contribution in [2.45, 2.75) is 57.7 Å². The molecular weight excluding hydrogens is 378 g/mol.